The highest BCUT2D eigenvalue weighted by atomic mass is 16.5. The van der Waals surface area contributed by atoms with E-state index in [1.807, 2.05) is 0 Å². The van der Waals surface area contributed by atoms with E-state index in [9.17, 15) is 39.6 Å². The molecule has 202 valence electrons. The van der Waals surface area contributed by atoms with E-state index in [2.05, 4.69) is 10.6 Å². The minimum atomic E-state index is -1.12. The number of carbonyl (C=O) groups is 4. The van der Waals surface area contributed by atoms with Crippen LogP contribution in [0, 0.1) is 11.8 Å². The Hall–Kier alpha value is -5.06. The average molecular weight is 535 g/mol. The van der Waals surface area contributed by atoms with E-state index < -0.39 is 52.5 Å². The fourth-order valence-electron chi connectivity index (χ4n) is 4.54. The van der Waals surface area contributed by atoms with Crippen molar-refractivity contribution in [2.75, 3.05) is 0 Å². The van der Waals surface area contributed by atoms with Crippen LogP contribution in [0.1, 0.15) is 56.8 Å². The normalized spacial score (nSPS) is 18.6. The Bertz CT molecular complexity index is 1380. The molecule has 0 saturated heterocycles. The van der Waals surface area contributed by atoms with Gasteiger partial charge in [-0.15, -0.1) is 0 Å². The van der Waals surface area contributed by atoms with Crippen LogP contribution in [0.15, 0.2) is 72.4 Å². The summed E-state index contributed by atoms with van der Waals surface area (Å²) in [6, 6.07) is 7.41. The van der Waals surface area contributed by atoms with Gasteiger partial charge in [0.1, 0.15) is 28.5 Å². The molecule has 2 aromatic rings. The second-order valence-electron chi connectivity index (χ2n) is 9.09. The van der Waals surface area contributed by atoms with E-state index in [0.29, 0.717) is 25.7 Å². The maximum atomic E-state index is 13.1. The van der Waals surface area contributed by atoms with Gasteiger partial charge in [0.2, 0.25) is 0 Å². The predicted octanol–water partition coefficient (Wildman–Crippen LogP) is 3.31. The second kappa shape index (κ2) is 11.5. The van der Waals surface area contributed by atoms with Crippen LogP contribution in [0.5, 0.6) is 17.2 Å². The third-order valence-electron chi connectivity index (χ3n) is 6.51. The van der Waals surface area contributed by atoms with E-state index >= 15 is 0 Å². The summed E-state index contributed by atoms with van der Waals surface area (Å²) in [5.41, 5.74) is -0.419. The van der Waals surface area contributed by atoms with Crippen LogP contribution >= 0.6 is 0 Å². The molecule has 6 N–H and O–H groups in total. The predicted molar refractivity (Wildman–Crippen MR) is 137 cm³/mol. The summed E-state index contributed by atoms with van der Waals surface area (Å²) in [5.74, 6) is -6.68. The van der Waals surface area contributed by atoms with Crippen molar-refractivity contribution in [2.24, 2.45) is 11.8 Å². The van der Waals surface area contributed by atoms with Crippen molar-refractivity contribution in [1.29, 1.82) is 0 Å². The number of aromatic hydroxyl groups is 3. The summed E-state index contributed by atoms with van der Waals surface area (Å²) in [6.07, 6.45) is 7.72. The van der Waals surface area contributed by atoms with E-state index in [4.69, 9.17) is 4.74 Å². The molecule has 1 amide bonds. The van der Waals surface area contributed by atoms with Gasteiger partial charge >= 0.3 is 11.9 Å². The van der Waals surface area contributed by atoms with Crippen molar-refractivity contribution in [3.05, 3.63) is 89.1 Å². The fourth-order valence-corrected chi connectivity index (χ4v) is 4.54. The van der Waals surface area contributed by atoms with Crippen LogP contribution in [0.3, 0.4) is 0 Å². The fraction of sp³-hybridized carbons (Fsp3) is 0.214. The molecule has 2 atom stereocenters. The van der Waals surface area contributed by atoms with Gasteiger partial charge in [-0.3, -0.25) is 14.4 Å². The number of carbonyl (C=O) groups excluding carboxylic acids is 3. The molecule has 1 fully saturated rings. The molecule has 11 heteroatoms. The van der Waals surface area contributed by atoms with Crippen molar-refractivity contribution in [3.8, 4) is 17.2 Å². The Morgan fingerprint density at radius 3 is 2.18 bits per heavy atom. The van der Waals surface area contributed by atoms with Gasteiger partial charge < -0.3 is 35.8 Å². The minimum absolute atomic E-state index is 0.0136. The zero-order valence-corrected chi connectivity index (χ0v) is 20.6. The van der Waals surface area contributed by atoms with Crippen LogP contribution in [0.25, 0.3) is 0 Å². The molecule has 1 saturated carbocycles. The summed E-state index contributed by atoms with van der Waals surface area (Å²) in [6.45, 7) is 0. The maximum Gasteiger partial charge on any atom is 0.343 e. The quantitative estimate of drug-likeness (QED) is 0.228. The van der Waals surface area contributed by atoms with E-state index in [-0.39, 0.29) is 28.3 Å². The number of nitrogens with one attached hydrogen (secondary N) is 2. The highest BCUT2D eigenvalue weighted by molar-refractivity contribution is 6.05. The highest BCUT2D eigenvalue weighted by Crippen LogP contribution is 2.38. The molecule has 0 aromatic heterocycles. The molecule has 0 spiro atoms. The summed E-state index contributed by atoms with van der Waals surface area (Å²) >= 11 is 0. The number of carboxylic acids is 1. The topological polar surface area (TPSA) is 182 Å². The third-order valence-corrected chi connectivity index (χ3v) is 6.51. The van der Waals surface area contributed by atoms with Crippen molar-refractivity contribution in [2.45, 2.75) is 25.7 Å². The Morgan fingerprint density at radius 2 is 1.54 bits per heavy atom. The molecule has 1 aliphatic carbocycles. The lowest BCUT2D eigenvalue weighted by atomic mass is 9.75. The minimum Gasteiger partial charge on any atom is -0.508 e. The molecule has 4 rings (SSSR count). The van der Waals surface area contributed by atoms with Gasteiger partial charge in [0.05, 0.1) is 11.5 Å². The molecule has 0 radical (unpaired) electrons. The van der Waals surface area contributed by atoms with Gasteiger partial charge in [0.25, 0.3) is 5.91 Å². The van der Waals surface area contributed by atoms with Crippen molar-refractivity contribution in [1.82, 2.24) is 10.6 Å². The zero-order valence-electron chi connectivity index (χ0n) is 20.6. The second-order valence-corrected chi connectivity index (χ2v) is 9.09. The number of esters is 1. The lowest BCUT2D eigenvalue weighted by Crippen LogP contribution is -2.32. The largest absolute Gasteiger partial charge is 0.508 e. The zero-order chi connectivity index (χ0) is 28.1. The highest BCUT2D eigenvalue weighted by Gasteiger charge is 2.38. The van der Waals surface area contributed by atoms with Crippen LogP contribution in [-0.4, -0.2) is 44.1 Å². The molecule has 0 unspecified atom stereocenters. The van der Waals surface area contributed by atoms with Crippen LogP contribution < -0.4 is 10.6 Å². The third kappa shape index (κ3) is 6.09. The molecule has 11 nitrogen and oxygen atoms in total. The van der Waals surface area contributed by atoms with Gasteiger partial charge in [-0.2, -0.15) is 0 Å². The average Bonchev–Trinajstić information content (AvgIpc) is 3.13. The summed E-state index contributed by atoms with van der Waals surface area (Å²) < 4.78 is 5.42. The first-order valence-electron chi connectivity index (χ1n) is 12.1. The van der Waals surface area contributed by atoms with Crippen LogP contribution in [-0.2, 0) is 9.53 Å². The molecule has 1 aliphatic heterocycles. The van der Waals surface area contributed by atoms with E-state index in [1.54, 1.807) is 0 Å². The monoisotopic (exact) mass is 534 g/mol. The van der Waals surface area contributed by atoms with Gasteiger partial charge in [-0.1, -0.05) is 12.8 Å². The first kappa shape index (κ1) is 27.0. The summed E-state index contributed by atoms with van der Waals surface area (Å²) in [7, 11) is 0. The number of rotatable bonds is 7. The number of hydrogen-bond donors (Lipinski definition) is 6. The first-order chi connectivity index (χ1) is 18.7. The number of hydrogen-bond acceptors (Lipinski definition) is 9. The number of aliphatic carboxylic acids is 1. The first-order valence-corrected chi connectivity index (χ1v) is 12.1. The number of carboxylic acid groups (broad SMARTS) is 1. The number of ether oxygens (including phenoxy) is 1. The molecule has 0 bridgehead atoms. The van der Waals surface area contributed by atoms with Gasteiger partial charge in [-0.05, 0) is 61.4 Å². The number of amides is 1. The number of Topliss-reactive ketones (excluding diaryl/α,β-unsaturated/α-hetero) is 1. The number of allylic oxidation sites excluding steroid dienone is 2. The summed E-state index contributed by atoms with van der Waals surface area (Å²) in [4.78, 5) is 50.3. The Morgan fingerprint density at radius 1 is 0.897 bits per heavy atom. The van der Waals surface area contributed by atoms with Crippen LogP contribution in [0.4, 0.5) is 0 Å². The molecular weight excluding hydrogens is 508 g/mol. The van der Waals surface area contributed by atoms with E-state index in [0.717, 1.165) is 12.1 Å². The van der Waals surface area contributed by atoms with Crippen molar-refractivity contribution in [3.63, 3.8) is 0 Å². The Labute approximate surface area is 222 Å². The number of phenols is 3. The maximum absolute atomic E-state index is 13.1. The molecule has 1 heterocycles. The lowest BCUT2D eigenvalue weighted by molar-refractivity contribution is -0.144. The number of ketones is 1. The van der Waals surface area contributed by atoms with Gasteiger partial charge in [0, 0.05) is 23.9 Å². The number of phenolic OH excluding ortho intramolecular Hbond substituents is 3. The standard InChI is InChI=1S/C28H26N2O9/c31-17-9-7-15(8-10-17)26(35)30-20-14-29-11-3-6-23(20)39-28(38)16-12-21(32)24(22(33)13-16)25(34)18-4-1-2-5-19(18)27(36)37/h3,6-14,18-19,29,31-33H,1-2,4-5H2,(H,30,35)(H,36,37)/t18-,19+/m1/s1. The Kier molecular flexibility index (Phi) is 7.99. The van der Waals surface area contributed by atoms with Crippen molar-refractivity contribution >= 4 is 23.6 Å². The smallest absolute Gasteiger partial charge is 0.343 e. The van der Waals surface area contributed by atoms with Gasteiger partial charge in [-0.25, -0.2) is 4.79 Å². The SMILES string of the molecule is O=C(NC1=CNC=CC=C1OC(=O)c1cc(O)c(C(=O)[C@@H]2CCCC[C@@H]2C(=O)O)c(O)c1)c1ccc(O)cc1. The molecule has 2 aromatic carbocycles. The Balaban J connectivity index is 1.53. The van der Waals surface area contributed by atoms with Gasteiger partial charge in [0.15, 0.2) is 11.5 Å². The lowest BCUT2D eigenvalue weighted by Gasteiger charge is -2.27. The molecular formula is C28H26N2O9. The molecule has 2 aliphatic rings. The van der Waals surface area contributed by atoms with Crippen molar-refractivity contribution < 1.29 is 44.3 Å². The molecule has 39 heavy (non-hydrogen) atoms. The van der Waals surface area contributed by atoms with Crippen LogP contribution in [0.2, 0.25) is 0 Å². The van der Waals surface area contributed by atoms with E-state index in [1.165, 1.54) is 48.8 Å². The number of benzene rings is 2. The summed E-state index contributed by atoms with van der Waals surface area (Å²) in [5, 5.41) is 45.4.